The van der Waals surface area contributed by atoms with Gasteiger partial charge in [-0.05, 0) is 27.2 Å². The molecule has 1 heterocycles. The number of ether oxygens (including phenoxy) is 2. The molecule has 110 valence electrons. The van der Waals surface area contributed by atoms with Crippen molar-refractivity contribution in [3.05, 3.63) is 0 Å². The van der Waals surface area contributed by atoms with Crippen LogP contribution in [0.5, 0.6) is 0 Å². The minimum Gasteiger partial charge on any atom is -0.480 e. The van der Waals surface area contributed by atoms with Gasteiger partial charge in [0.1, 0.15) is 11.6 Å². The van der Waals surface area contributed by atoms with Crippen LogP contribution in [0.3, 0.4) is 0 Å². The van der Waals surface area contributed by atoms with Crippen LogP contribution >= 0.6 is 0 Å². The molecule has 1 aliphatic rings. The van der Waals surface area contributed by atoms with Gasteiger partial charge in [-0.25, -0.2) is 9.59 Å². The highest BCUT2D eigenvalue weighted by Gasteiger charge is 2.41. The zero-order valence-electron chi connectivity index (χ0n) is 12.0. The maximum atomic E-state index is 12.0. The van der Waals surface area contributed by atoms with E-state index in [-0.39, 0.29) is 12.6 Å². The van der Waals surface area contributed by atoms with Crippen LogP contribution in [0.1, 0.15) is 40.5 Å². The van der Waals surface area contributed by atoms with E-state index >= 15 is 0 Å². The van der Waals surface area contributed by atoms with Gasteiger partial charge in [-0.1, -0.05) is 6.92 Å². The number of hydrogen-bond acceptors (Lipinski definition) is 4. The first-order valence-electron chi connectivity index (χ1n) is 6.58. The third-order valence-corrected chi connectivity index (χ3v) is 2.73. The van der Waals surface area contributed by atoms with Crippen LogP contribution in [0, 0.1) is 0 Å². The molecule has 0 saturated carbocycles. The molecular weight excluding hydrogens is 250 g/mol. The molecule has 1 aliphatic heterocycles. The van der Waals surface area contributed by atoms with E-state index in [1.54, 1.807) is 20.8 Å². The first-order chi connectivity index (χ1) is 8.74. The second-order valence-corrected chi connectivity index (χ2v) is 5.72. The van der Waals surface area contributed by atoms with Gasteiger partial charge in [0, 0.05) is 13.0 Å². The van der Waals surface area contributed by atoms with Crippen molar-refractivity contribution in [1.82, 2.24) is 4.90 Å². The maximum absolute atomic E-state index is 12.0. The van der Waals surface area contributed by atoms with Crippen LogP contribution in [-0.4, -0.2) is 53.0 Å². The number of amides is 1. The number of carboxylic acids is 1. The van der Waals surface area contributed by atoms with Crippen LogP contribution in [0.25, 0.3) is 0 Å². The Hall–Kier alpha value is -1.30. The molecule has 1 rings (SSSR count). The Kier molecular flexibility index (Phi) is 5.17. The lowest BCUT2D eigenvalue weighted by Gasteiger charge is -2.26. The lowest BCUT2D eigenvalue weighted by atomic mass is 10.2. The van der Waals surface area contributed by atoms with E-state index in [9.17, 15) is 9.59 Å². The molecule has 0 radical (unpaired) electrons. The minimum absolute atomic E-state index is 0.228. The Morgan fingerprint density at radius 3 is 2.47 bits per heavy atom. The number of carbonyl (C=O) groups is 2. The molecular formula is C13H23NO5. The molecule has 0 unspecified atom stereocenters. The number of carbonyl (C=O) groups excluding carboxylic acids is 1. The van der Waals surface area contributed by atoms with Crippen molar-refractivity contribution in [1.29, 1.82) is 0 Å². The molecule has 1 fully saturated rings. The highest BCUT2D eigenvalue weighted by molar-refractivity contribution is 5.81. The lowest BCUT2D eigenvalue weighted by Crippen LogP contribution is -2.43. The molecule has 0 aliphatic carbocycles. The van der Waals surface area contributed by atoms with E-state index in [0.29, 0.717) is 13.0 Å². The standard InChI is InChI=1S/C13H23NO5/c1-5-6-18-9-7-10(11(15)16)14(8-9)12(17)19-13(2,3)4/h9-10H,5-8H2,1-4H3,(H,15,16)/t9-,10+/m1/s1. The second kappa shape index (κ2) is 6.23. The Balaban J connectivity index is 2.68. The van der Waals surface area contributed by atoms with Gasteiger partial charge >= 0.3 is 12.1 Å². The average Bonchev–Trinajstić information content (AvgIpc) is 2.68. The SMILES string of the molecule is CCCO[C@@H]1C[C@@H](C(=O)O)N(C(=O)OC(C)(C)C)C1. The van der Waals surface area contributed by atoms with E-state index in [1.807, 2.05) is 6.92 Å². The fourth-order valence-electron chi connectivity index (χ4n) is 1.96. The van der Waals surface area contributed by atoms with Crippen LogP contribution in [0.4, 0.5) is 4.79 Å². The summed E-state index contributed by atoms with van der Waals surface area (Å²) in [6, 6.07) is -0.864. The van der Waals surface area contributed by atoms with E-state index in [2.05, 4.69) is 0 Å². The summed E-state index contributed by atoms with van der Waals surface area (Å²) < 4.78 is 10.8. The number of likely N-dealkylation sites (tertiary alicyclic amines) is 1. The third kappa shape index (κ3) is 4.70. The van der Waals surface area contributed by atoms with Crippen LogP contribution < -0.4 is 0 Å². The molecule has 1 saturated heterocycles. The summed E-state index contributed by atoms with van der Waals surface area (Å²) in [5, 5.41) is 9.17. The van der Waals surface area contributed by atoms with Gasteiger partial charge in [0.05, 0.1) is 12.6 Å². The van der Waals surface area contributed by atoms with Gasteiger partial charge in [0.2, 0.25) is 0 Å². The van der Waals surface area contributed by atoms with Gasteiger partial charge in [0.25, 0.3) is 0 Å². The van der Waals surface area contributed by atoms with Gasteiger partial charge in [-0.2, -0.15) is 0 Å². The first kappa shape index (κ1) is 15.8. The van der Waals surface area contributed by atoms with E-state index in [0.717, 1.165) is 6.42 Å². The molecule has 1 amide bonds. The van der Waals surface area contributed by atoms with Crippen LogP contribution in [0.2, 0.25) is 0 Å². The summed E-state index contributed by atoms with van der Waals surface area (Å²) in [4.78, 5) is 24.4. The summed E-state index contributed by atoms with van der Waals surface area (Å²) in [5.41, 5.74) is -0.636. The predicted molar refractivity (Wildman–Crippen MR) is 69.0 cm³/mol. The predicted octanol–water partition coefficient (Wildman–Crippen LogP) is 1.88. The fourth-order valence-corrected chi connectivity index (χ4v) is 1.96. The quantitative estimate of drug-likeness (QED) is 0.846. The largest absolute Gasteiger partial charge is 0.480 e. The molecule has 0 aromatic carbocycles. The van der Waals surface area contributed by atoms with Crippen molar-refractivity contribution in [2.24, 2.45) is 0 Å². The first-order valence-corrected chi connectivity index (χ1v) is 6.58. The molecule has 0 bridgehead atoms. The number of nitrogens with zero attached hydrogens (tertiary/aromatic N) is 1. The number of hydrogen-bond donors (Lipinski definition) is 1. The summed E-state index contributed by atoms with van der Waals surface area (Å²) >= 11 is 0. The Bertz CT molecular complexity index is 336. The summed E-state index contributed by atoms with van der Waals surface area (Å²) in [6.45, 7) is 8.08. The molecule has 0 aromatic rings. The Morgan fingerprint density at radius 2 is 2.00 bits per heavy atom. The van der Waals surface area contributed by atoms with Crippen molar-refractivity contribution in [3.8, 4) is 0 Å². The van der Waals surface area contributed by atoms with Gasteiger partial charge in [-0.15, -0.1) is 0 Å². The molecule has 2 atom stereocenters. The van der Waals surface area contributed by atoms with Crippen molar-refractivity contribution in [2.75, 3.05) is 13.2 Å². The molecule has 6 nitrogen and oxygen atoms in total. The molecule has 19 heavy (non-hydrogen) atoms. The molecule has 0 spiro atoms. The summed E-state index contributed by atoms with van der Waals surface area (Å²) in [6.07, 6.45) is 0.353. The van der Waals surface area contributed by atoms with Crippen molar-refractivity contribution < 1.29 is 24.2 Å². The van der Waals surface area contributed by atoms with Crippen molar-refractivity contribution in [3.63, 3.8) is 0 Å². The van der Waals surface area contributed by atoms with Crippen molar-refractivity contribution in [2.45, 2.75) is 58.3 Å². The number of carboxylic acid groups (broad SMARTS) is 1. The molecule has 1 N–H and O–H groups in total. The zero-order chi connectivity index (χ0) is 14.6. The molecule has 0 aromatic heterocycles. The summed E-state index contributed by atoms with van der Waals surface area (Å²) in [5.74, 6) is -1.02. The smallest absolute Gasteiger partial charge is 0.411 e. The van der Waals surface area contributed by atoms with Gasteiger partial charge in [0.15, 0.2) is 0 Å². The Labute approximate surface area is 113 Å². The van der Waals surface area contributed by atoms with Gasteiger partial charge < -0.3 is 14.6 Å². The number of aliphatic carboxylic acids is 1. The topological polar surface area (TPSA) is 76.1 Å². The lowest BCUT2D eigenvalue weighted by molar-refractivity contribution is -0.142. The van der Waals surface area contributed by atoms with Crippen molar-refractivity contribution >= 4 is 12.1 Å². The fraction of sp³-hybridized carbons (Fsp3) is 0.846. The summed E-state index contributed by atoms with van der Waals surface area (Å²) in [7, 11) is 0. The van der Waals surface area contributed by atoms with Crippen LogP contribution in [0.15, 0.2) is 0 Å². The minimum atomic E-state index is -1.02. The van der Waals surface area contributed by atoms with E-state index in [1.165, 1.54) is 4.90 Å². The average molecular weight is 273 g/mol. The monoisotopic (exact) mass is 273 g/mol. The second-order valence-electron chi connectivity index (χ2n) is 5.72. The van der Waals surface area contributed by atoms with E-state index in [4.69, 9.17) is 14.6 Å². The highest BCUT2D eigenvalue weighted by Crippen LogP contribution is 2.23. The van der Waals surface area contributed by atoms with Crippen LogP contribution in [-0.2, 0) is 14.3 Å². The highest BCUT2D eigenvalue weighted by atomic mass is 16.6. The molecule has 6 heteroatoms. The maximum Gasteiger partial charge on any atom is 0.411 e. The van der Waals surface area contributed by atoms with Gasteiger partial charge in [-0.3, -0.25) is 4.90 Å². The number of rotatable bonds is 4. The van der Waals surface area contributed by atoms with E-state index < -0.39 is 23.7 Å². The Morgan fingerprint density at radius 1 is 1.37 bits per heavy atom. The zero-order valence-corrected chi connectivity index (χ0v) is 12.0. The normalized spacial score (nSPS) is 23.5. The third-order valence-electron chi connectivity index (χ3n) is 2.73.